The Labute approximate surface area is 58.7 Å². The maximum Gasteiger partial charge on any atom is 0.194 e. The van der Waals surface area contributed by atoms with Gasteiger partial charge in [-0.15, -0.1) is 0 Å². The predicted octanol–water partition coefficient (Wildman–Crippen LogP) is 0.187. The highest BCUT2D eigenvalue weighted by atomic mass is 16.4. The van der Waals surface area contributed by atoms with E-state index in [4.69, 9.17) is 15.3 Å². The van der Waals surface area contributed by atoms with E-state index in [2.05, 4.69) is 4.98 Å². The molecule has 10 heavy (non-hydrogen) atoms. The molecule has 1 aromatic rings. The molecule has 0 amide bonds. The summed E-state index contributed by atoms with van der Waals surface area (Å²) in [5, 5.41) is 8.78. The molecule has 4 nitrogen and oxygen atoms in total. The number of nitrogens with two attached hydrogens (primary N) is 1. The van der Waals surface area contributed by atoms with E-state index in [1.807, 2.05) is 6.92 Å². The fraction of sp³-hybridized carbons (Fsp3) is 0.500. The summed E-state index contributed by atoms with van der Waals surface area (Å²) in [5.41, 5.74) is 5.10. The number of oxazole rings is 1. The normalized spacial score (nSPS) is 13.5. The molecule has 1 unspecified atom stereocenters. The minimum Gasteiger partial charge on any atom is -0.442 e. The third-order valence-corrected chi connectivity index (χ3v) is 1.17. The molecule has 1 rings (SSSR count). The van der Waals surface area contributed by atoms with E-state index in [1.165, 1.54) is 6.20 Å². The highest BCUT2D eigenvalue weighted by Gasteiger charge is 2.06. The maximum absolute atomic E-state index is 8.78. The largest absolute Gasteiger partial charge is 0.442 e. The van der Waals surface area contributed by atoms with Crippen molar-refractivity contribution < 1.29 is 9.52 Å². The van der Waals surface area contributed by atoms with E-state index in [0.29, 0.717) is 18.1 Å². The fourth-order valence-electron chi connectivity index (χ4n) is 0.625. The molecule has 0 bridgehead atoms. The molecule has 3 N–H and O–H groups in total. The third kappa shape index (κ3) is 1.34. The lowest BCUT2D eigenvalue weighted by molar-refractivity contribution is 0.155. The molecule has 56 valence electrons. The predicted molar refractivity (Wildman–Crippen MR) is 35.0 cm³/mol. The SMILES string of the molecule is CCc1ncc(C(N)O)o1. The van der Waals surface area contributed by atoms with Crippen LogP contribution in [0.25, 0.3) is 0 Å². The molecule has 1 atom stereocenters. The van der Waals surface area contributed by atoms with Gasteiger partial charge in [0, 0.05) is 6.42 Å². The lowest BCUT2D eigenvalue weighted by Gasteiger charge is -1.95. The summed E-state index contributed by atoms with van der Waals surface area (Å²) in [4.78, 5) is 3.85. The zero-order chi connectivity index (χ0) is 7.56. The van der Waals surface area contributed by atoms with Gasteiger partial charge in [0.1, 0.15) is 0 Å². The molecule has 0 aliphatic heterocycles. The van der Waals surface area contributed by atoms with Crippen molar-refractivity contribution in [1.29, 1.82) is 0 Å². The smallest absolute Gasteiger partial charge is 0.194 e. The van der Waals surface area contributed by atoms with Crippen molar-refractivity contribution in [2.24, 2.45) is 5.73 Å². The highest BCUT2D eigenvalue weighted by molar-refractivity contribution is 4.95. The first-order valence-electron chi connectivity index (χ1n) is 3.12. The number of aliphatic hydroxyl groups excluding tert-OH is 1. The molecule has 0 aliphatic rings. The Hall–Kier alpha value is -0.870. The van der Waals surface area contributed by atoms with Gasteiger partial charge in [-0.1, -0.05) is 6.92 Å². The van der Waals surface area contributed by atoms with Gasteiger partial charge in [0.15, 0.2) is 17.9 Å². The fourth-order valence-corrected chi connectivity index (χ4v) is 0.625. The van der Waals surface area contributed by atoms with Gasteiger partial charge >= 0.3 is 0 Å². The number of hydrogen-bond donors (Lipinski definition) is 2. The van der Waals surface area contributed by atoms with Crippen LogP contribution in [0.15, 0.2) is 10.6 Å². The van der Waals surface area contributed by atoms with E-state index in [9.17, 15) is 0 Å². The molecule has 0 saturated carbocycles. The quantitative estimate of drug-likeness (QED) is 0.578. The summed E-state index contributed by atoms with van der Waals surface area (Å²) in [5.74, 6) is 0.913. The third-order valence-electron chi connectivity index (χ3n) is 1.17. The number of aromatic nitrogens is 1. The summed E-state index contributed by atoms with van der Waals surface area (Å²) < 4.78 is 5.01. The van der Waals surface area contributed by atoms with Crippen LogP contribution in [-0.2, 0) is 6.42 Å². The summed E-state index contributed by atoms with van der Waals surface area (Å²) in [6.07, 6.45) is 1.10. The van der Waals surface area contributed by atoms with Crippen molar-refractivity contribution in [3.8, 4) is 0 Å². The Balaban J connectivity index is 2.78. The number of hydrogen-bond acceptors (Lipinski definition) is 4. The van der Waals surface area contributed by atoms with Crippen LogP contribution in [0.1, 0.15) is 24.8 Å². The minimum atomic E-state index is -1.05. The molecule has 0 radical (unpaired) electrons. The van der Waals surface area contributed by atoms with Gasteiger partial charge < -0.3 is 9.52 Å². The van der Waals surface area contributed by atoms with Crippen molar-refractivity contribution in [3.05, 3.63) is 17.8 Å². The number of aryl methyl sites for hydroxylation is 1. The van der Waals surface area contributed by atoms with Crippen LogP contribution < -0.4 is 5.73 Å². The molecular weight excluding hydrogens is 132 g/mol. The Morgan fingerprint density at radius 1 is 1.90 bits per heavy atom. The summed E-state index contributed by atoms with van der Waals surface area (Å²) >= 11 is 0. The molecule has 0 spiro atoms. The lowest BCUT2D eigenvalue weighted by Crippen LogP contribution is -2.06. The summed E-state index contributed by atoms with van der Waals surface area (Å²) in [7, 11) is 0. The van der Waals surface area contributed by atoms with Gasteiger partial charge in [-0.25, -0.2) is 4.98 Å². The molecule has 1 heterocycles. The van der Waals surface area contributed by atoms with Gasteiger partial charge in [0.25, 0.3) is 0 Å². The highest BCUT2D eigenvalue weighted by Crippen LogP contribution is 2.08. The van der Waals surface area contributed by atoms with E-state index < -0.39 is 6.23 Å². The van der Waals surface area contributed by atoms with Crippen molar-refractivity contribution in [2.75, 3.05) is 0 Å². The van der Waals surface area contributed by atoms with Crippen molar-refractivity contribution >= 4 is 0 Å². The van der Waals surface area contributed by atoms with Crippen molar-refractivity contribution in [1.82, 2.24) is 4.98 Å². The van der Waals surface area contributed by atoms with Gasteiger partial charge in [-0.3, -0.25) is 5.73 Å². The first-order valence-corrected chi connectivity index (χ1v) is 3.12. The second-order valence-electron chi connectivity index (χ2n) is 1.95. The van der Waals surface area contributed by atoms with Gasteiger partial charge in [-0.2, -0.15) is 0 Å². The maximum atomic E-state index is 8.78. The number of nitrogens with zero attached hydrogens (tertiary/aromatic N) is 1. The number of rotatable bonds is 2. The Kier molecular flexibility index (Phi) is 2.03. The number of aliphatic hydroxyl groups is 1. The zero-order valence-electron chi connectivity index (χ0n) is 5.74. The first-order chi connectivity index (χ1) is 4.74. The lowest BCUT2D eigenvalue weighted by atomic mass is 10.5. The molecule has 4 heteroatoms. The average molecular weight is 142 g/mol. The van der Waals surface area contributed by atoms with Gasteiger partial charge in [-0.05, 0) is 0 Å². The average Bonchev–Trinajstić information content (AvgIpc) is 2.34. The second-order valence-corrected chi connectivity index (χ2v) is 1.95. The van der Waals surface area contributed by atoms with Crippen LogP contribution in [0.3, 0.4) is 0 Å². The summed E-state index contributed by atoms with van der Waals surface area (Å²) in [6, 6.07) is 0. The van der Waals surface area contributed by atoms with Crippen molar-refractivity contribution in [2.45, 2.75) is 19.6 Å². The van der Waals surface area contributed by atoms with Crippen LogP contribution in [0.2, 0.25) is 0 Å². The van der Waals surface area contributed by atoms with Crippen LogP contribution in [0, 0.1) is 0 Å². The Morgan fingerprint density at radius 2 is 2.60 bits per heavy atom. The monoisotopic (exact) mass is 142 g/mol. The van der Waals surface area contributed by atoms with E-state index in [0.717, 1.165) is 0 Å². The van der Waals surface area contributed by atoms with E-state index in [1.54, 1.807) is 0 Å². The standard InChI is InChI=1S/C6H10N2O2/c1-2-5-8-3-4(10-5)6(7)9/h3,6,9H,2,7H2,1H3. The summed E-state index contributed by atoms with van der Waals surface area (Å²) in [6.45, 7) is 1.92. The van der Waals surface area contributed by atoms with Crippen LogP contribution >= 0.6 is 0 Å². The van der Waals surface area contributed by atoms with Crippen LogP contribution in [0.5, 0.6) is 0 Å². The van der Waals surface area contributed by atoms with E-state index >= 15 is 0 Å². The minimum absolute atomic E-state index is 0.317. The molecule has 0 aromatic carbocycles. The van der Waals surface area contributed by atoms with E-state index in [-0.39, 0.29) is 0 Å². The van der Waals surface area contributed by atoms with Gasteiger partial charge in [0.05, 0.1) is 6.20 Å². The van der Waals surface area contributed by atoms with Gasteiger partial charge in [0.2, 0.25) is 0 Å². The van der Waals surface area contributed by atoms with Crippen LogP contribution in [-0.4, -0.2) is 10.1 Å². The Morgan fingerprint density at radius 3 is 2.90 bits per heavy atom. The Bertz CT molecular complexity index is 207. The second kappa shape index (κ2) is 2.81. The first kappa shape index (κ1) is 7.24. The topological polar surface area (TPSA) is 72.3 Å². The zero-order valence-corrected chi connectivity index (χ0v) is 5.74. The van der Waals surface area contributed by atoms with Crippen molar-refractivity contribution in [3.63, 3.8) is 0 Å². The molecule has 1 aromatic heterocycles. The molecule has 0 fully saturated rings. The van der Waals surface area contributed by atoms with Crippen LogP contribution in [0.4, 0.5) is 0 Å². The molecular formula is C6H10N2O2. The molecule has 0 saturated heterocycles. The molecule has 0 aliphatic carbocycles.